The van der Waals surface area contributed by atoms with E-state index >= 15 is 0 Å². The van der Waals surface area contributed by atoms with Gasteiger partial charge in [-0.3, -0.25) is 10.1 Å². The van der Waals surface area contributed by atoms with Gasteiger partial charge < -0.3 is 0 Å². The Hall–Kier alpha value is -3.31. The van der Waals surface area contributed by atoms with Gasteiger partial charge in [0.25, 0.3) is 5.69 Å². The predicted molar refractivity (Wildman–Crippen MR) is 112 cm³/mol. The van der Waals surface area contributed by atoms with Crippen molar-refractivity contribution in [3.63, 3.8) is 0 Å². The molecular formula is C22H16N2O2S. The molecule has 27 heavy (non-hydrogen) atoms. The molecule has 4 aromatic rings. The van der Waals surface area contributed by atoms with Gasteiger partial charge in [-0.05, 0) is 35.7 Å². The van der Waals surface area contributed by atoms with Gasteiger partial charge in [0.1, 0.15) is 5.01 Å². The number of hydrogen-bond donors (Lipinski definition) is 0. The van der Waals surface area contributed by atoms with Gasteiger partial charge >= 0.3 is 0 Å². The van der Waals surface area contributed by atoms with E-state index in [-0.39, 0.29) is 10.6 Å². The molecule has 0 amide bonds. The summed E-state index contributed by atoms with van der Waals surface area (Å²) in [7, 11) is 0. The average Bonchev–Trinajstić information content (AvgIpc) is 3.10. The summed E-state index contributed by atoms with van der Waals surface area (Å²) in [6.07, 6.45) is 3.83. The Kier molecular flexibility index (Phi) is 4.52. The van der Waals surface area contributed by atoms with Gasteiger partial charge in [-0.25, -0.2) is 4.98 Å². The van der Waals surface area contributed by atoms with Gasteiger partial charge in [0.15, 0.2) is 0 Å². The number of rotatable bonds is 4. The van der Waals surface area contributed by atoms with E-state index < -0.39 is 0 Å². The van der Waals surface area contributed by atoms with Crippen molar-refractivity contribution in [1.82, 2.24) is 4.98 Å². The van der Waals surface area contributed by atoms with Crippen LogP contribution in [0, 0.1) is 17.0 Å². The van der Waals surface area contributed by atoms with Crippen LogP contribution in [0.4, 0.5) is 5.69 Å². The summed E-state index contributed by atoms with van der Waals surface area (Å²) in [6.45, 7) is 2.08. The summed E-state index contributed by atoms with van der Waals surface area (Å²) >= 11 is 1.69. The fraction of sp³-hybridized carbons (Fsp3) is 0.0455. The van der Waals surface area contributed by atoms with Crippen LogP contribution in [-0.2, 0) is 0 Å². The van der Waals surface area contributed by atoms with E-state index in [1.807, 2.05) is 30.4 Å². The zero-order valence-electron chi connectivity index (χ0n) is 14.6. The Balaban J connectivity index is 1.56. The molecule has 1 aromatic heterocycles. The first kappa shape index (κ1) is 17.1. The third-order valence-electron chi connectivity index (χ3n) is 4.25. The number of nitrogens with zero attached hydrogens (tertiary/aromatic N) is 2. The van der Waals surface area contributed by atoms with E-state index in [2.05, 4.69) is 37.3 Å². The summed E-state index contributed by atoms with van der Waals surface area (Å²) in [6, 6.07) is 21.0. The number of nitro groups is 1. The molecule has 0 fully saturated rings. The third kappa shape index (κ3) is 3.78. The van der Waals surface area contributed by atoms with Gasteiger partial charge in [-0.15, -0.1) is 11.3 Å². The van der Waals surface area contributed by atoms with Gasteiger partial charge in [-0.2, -0.15) is 0 Å². The number of fused-ring (bicyclic) bond motifs is 1. The second-order valence-corrected chi connectivity index (χ2v) is 7.33. The molecule has 4 nitrogen and oxygen atoms in total. The van der Waals surface area contributed by atoms with Crippen molar-refractivity contribution in [2.24, 2.45) is 0 Å². The van der Waals surface area contributed by atoms with Crippen LogP contribution in [-0.4, -0.2) is 9.91 Å². The molecule has 4 rings (SSSR count). The van der Waals surface area contributed by atoms with Crippen LogP contribution in [0.3, 0.4) is 0 Å². The molecule has 0 aliphatic carbocycles. The van der Waals surface area contributed by atoms with Crippen molar-refractivity contribution in [2.45, 2.75) is 6.92 Å². The second kappa shape index (κ2) is 7.13. The van der Waals surface area contributed by atoms with Gasteiger partial charge in [0.2, 0.25) is 0 Å². The van der Waals surface area contributed by atoms with Crippen molar-refractivity contribution in [3.05, 3.63) is 93.5 Å². The van der Waals surface area contributed by atoms with E-state index in [1.54, 1.807) is 23.5 Å². The van der Waals surface area contributed by atoms with Crippen molar-refractivity contribution in [1.29, 1.82) is 0 Å². The Morgan fingerprint density at radius 2 is 1.74 bits per heavy atom. The maximum absolute atomic E-state index is 10.9. The molecule has 0 spiro atoms. The lowest BCUT2D eigenvalue weighted by Gasteiger charge is -1.98. The molecule has 1 heterocycles. The Morgan fingerprint density at radius 3 is 2.52 bits per heavy atom. The van der Waals surface area contributed by atoms with Gasteiger partial charge in [-0.1, -0.05) is 54.6 Å². The number of aryl methyl sites for hydroxylation is 1. The molecule has 3 aromatic carbocycles. The molecule has 0 bridgehead atoms. The molecule has 0 saturated heterocycles. The van der Waals surface area contributed by atoms with E-state index in [1.165, 1.54) is 16.3 Å². The first-order valence-electron chi connectivity index (χ1n) is 8.49. The number of nitro benzene ring substituents is 1. The minimum absolute atomic E-state index is 0.0959. The number of benzene rings is 3. The van der Waals surface area contributed by atoms with Crippen molar-refractivity contribution in [2.75, 3.05) is 0 Å². The lowest BCUT2D eigenvalue weighted by Crippen LogP contribution is -1.87. The average molecular weight is 372 g/mol. The molecule has 5 heteroatoms. The standard InChI is InChI=1S/C22H16N2O2S/c1-15-5-12-20-21(13-15)27-22(23-20)18-10-8-16(9-11-18)6-7-17-3-2-4-19(14-17)24(25)26/h2-14H,1H3. The second-order valence-electron chi connectivity index (χ2n) is 6.30. The van der Waals surface area contributed by atoms with Gasteiger partial charge in [0.05, 0.1) is 15.1 Å². The smallest absolute Gasteiger partial charge is 0.258 e. The number of aromatic nitrogens is 1. The highest BCUT2D eigenvalue weighted by atomic mass is 32.1. The lowest BCUT2D eigenvalue weighted by molar-refractivity contribution is -0.384. The Labute approximate surface area is 160 Å². The normalized spacial score (nSPS) is 11.3. The number of thiazole rings is 1. The quantitative estimate of drug-likeness (QED) is 0.238. The third-order valence-corrected chi connectivity index (χ3v) is 5.32. The molecular weight excluding hydrogens is 356 g/mol. The fourth-order valence-corrected chi connectivity index (χ4v) is 3.90. The molecule has 0 atom stereocenters. The van der Waals surface area contributed by atoms with Crippen LogP contribution in [0.2, 0.25) is 0 Å². The first-order valence-corrected chi connectivity index (χ1v) is 9.30. The van der Waals surface area contributed by atoms with Crippen LogP contribution in [0.25, 0.3) is 32.9 Å². The first-order chi connectivity index (χ1) is 13.1. The van der Waals surface area contributed by atoms with Crippen molar-refractivity contribution < 1.29 is 4.92 Å². The monoisotopic (exact) mass is 372 g/mol. The molecule has 0 aliphatic heterocycles. The molecule has 0 aliphatic rings. The van der Waals surface area contributed by atoms with E-state index in [9.17, 15) is 10.1 Å². The minimum atomic E-state index is -0.383. The summed E-state index contributed by atoms with van der Waals surface area (Å²) in [4.78, 5) is 15.2. The van der Waals surface area contributed by atoms with Crippen molar-refractivity contribution in [3.8, 4) is 10.6 Å². The molecule has 132 valence electrons. The maximum atomic E-state index is 10.9. The van der Waals surface area contributed by atoms with Gasteiger partial charge in [0, 0.05) is 17.7 Å². The highest BCUT2D eigenvalue weighted by Gasteiger charge is 2.06. The van der Waals surface area contributed by atoms with E-state index in [4.69, 9.17) is 4.98 Å². The van der Waals surface area contributed by atoms with E-state index in [0.717, 1.165) is 27.2 Å². The van der Waals surface area contributed by atoms with Crippen LogP contribution in [0.5, 0.6) is 0 Å². The highest BCUT2D eigenvalue weighted by molar-refractivity contribution is 7.21. The van der Waals surface area contributed by atoms with Crippen LogP contribution >= 0.6 is 11.3 Å². The minimum Gasteiger partial charge on any atom is -0.258 e. The zero-order valence-corrected chi connectivity index (χ0v) is 15.4. The largest absolute Gasteiger partial charge is 0.270 e. The Bertz CT molecular complexity index is 1160. The van der Waals surface area contributed by atoms with Crippen LogP contribution < -0.4 is 0 Å². The van der Waals surface area contributed by atoms with Crippen molar-refractivity contribution >= 4 is 39.4 Å². The number of non-ortho nitro benzene ring substituents is 1. The van der Waals surface area contributed by atoms with Crippen LogP contribution in [0.15, 0.2) is 66.7 Å². The summed E-state index contributed by atoms with van der Waals surface area (Å²) < 4.78 is 1.19. The SMILES string of the molecule is Cc1ccc2nc(-c3ccc(C=Cc4cccc([N+](=O)[O-])c4)cc3)sc2c1. The van der Waals surface area contributed by atoms with E-state index in [0.29, 0.717) is 0 Å². The molecule has 0 unspecified atom stereocenters. The molecule has 0 radical (unpaired) electrons. The topological polar surface area (TPSA) is 56.0 Å². The Morgan fingerprint density at radius 1 is 0.963 bits per heavy atom. The van der Waals surface area contributed by atoms with Crippen LogP contribution in [0.1, 0.15) is 16.7 Å². The molecule has 0 N–H and O–H groups in total. The maximum Gasteiger partial charge on any atom is 0.270 e. The molecule has 0 saturated carbocycles. The summed E-state index contributed by atoms with van der Waals surface area (Å²) in [5.41, 5.74) is 5.27. The predicted octanol–water partition coefficient (Wildman–Crippen LogP) is 6.35. The lowest BCUT2D eigenvalue weighted by atomic mass is 10.1. The summed E-state index contributed by atoms with van der Waals surface area (Å²) in [5, 5.41) is 11.9. The fourth-order valence-electron chi connectivity index (χ4n) is 2.83. The zero-order chi connectivity index (χ0) is 18.8. The highest BCUT2D eigenvalue weighted by Crippen LogP contribution is 2.31. The summed E-state index contributed by atoms with van der Waals surface area (Å²) in [5.74, 6) is 0. The number of hydrogen-bond acceptors (Lipinski definition) is 4.